The summed E-state index contributed by atoms with van der Waals surface area (Å²) in [6, 6.07) is 8.94. The fourth-order valence-electron chi connectivity index (χ4n) is 3.42. The van der Waals surface area contributed by atoms with E-state index in [0.717, 1.165) is 37.0 Å². The van der Waals surface area contributed by atoms with Crippen molar-refractivity contribution in [3.8, 4) is 5.75 Å². The number of guanidine groups is 1. The topological polar surface area (TPSA) is 92.0 Å². The highest BCUT2D eigenvalue weighted by Gasteiger charge is 2.31. The number of piperidine rings is 1. The molecule has 3 rings (SSSR count). The maximum absolute atomic E-state index is 10.9. The number of amides is 1. The van der Waals surface area contributed by atoms with Crippen LogP contribution in [-0.4, -0.2) is 55.1 Å². The number of halogens is 1. The largest absolute Gasteiger partial charge is 0.484 e. The molecule has 0 bridgehead atoms. The number of nitrogens with two attached hydrogens (primary N) is 1. The first-order valence-corrected chi connectivity index (χ1v) is 9.93. The number of nitrogens with zero attached hydrogens (tertiary/aromatic N) is 2. The van der Waals surface area contributed by atoms with E-state index < -0.39 is 5.91 Å². The average Bonchev–Trinajstić information content (AvgIpc) is 3.51. The van der Waals surface area contributed by atoms with Crippen LogP contribution in [0, 0.1) is 0 Å². The predicted octanol–water partition coefficient (Wildman–Crippen LogP) is 1.85. The van der Waals surface area contributed by atoms with Gasteiger partial charge in [-0.3, -0.25) is 4.79 Å². The van der Waals surface area contributed by atoms with Gasteiger partial charge in [0.2, 0.25) is 0 Å². The Labute approximate surface area is 184 Å². The molecular formula is C20H32IN5O2. The molecule has 2 fully saturated rings. The molecule has 0 spiro atoms. The van der Waals surface area contributed by atoms with Gasteiger partial charge in [-0.05, 0) is 50.3 Å². The van der Waals surface area contributed by atoms with E-state index in [9.17, 15) is 4.79 Å². The van der Waals surface area contributed by atoms with Gasteiger partial charge in [0.15, 0.2) is 12.6 Å². The van der Waals surface area contributed by atoms with E-state index in [-0.39, 0.29) is 30.6 Å². The van der Waals surface area contributed by atoms with Gasteiger partial charge >= 0.3 is 0 Å². The Morgan fingerprint density at radius 2 is 2.04 bits per heavy atom. The van der Waals surface area contributed by atoms with E-state index in [0.29, 0.717) is 18.3 Å². The first-order valence-electron chi connectivity index (χ1n) is 9.93. The molecule has 4 N–H and O–H groups in total. The molecule has 0 unspecified atom stereocenters. The molecule has 0 radical (unpaired) electrons. The highest BCUT2D eigenvalue weighted by atomic mass is 127. The lowest BCUT2D eigenvalue weighted by atomic mass is 10.1. The third-order valence-electron chi connectivity index (χ3n) is 4.98. The van der Waals surface area contributed by atoms with Crippen molar-refractivity contribution in [2.24, 2.45) is 10.7 Å². The van der Waals surface area contributed by atoms with E-state index in [1.807, 2.05) is 24.3 Å². The number of aliphatic imine (C=N–C) groups is 1. The summed E-state index contributed by atoms with van der Waals surface area (Å²) in [6.45, 7) is 5.70. The average molecular weight is 501 g/mol. The predicted molar refractivity (Wildman–Crippen MR) is 122 cm³/mol. The molecule has 1 aliphatic heterocycles. The van der Waals surface area contributed by atoms with Gasteiger partial charge in [0, 0.05) is 31.7 Å². The van der Waals surface area contributed by atoms with Crippen LogP contribution in [0.5, 0.6) is 5.75 Å². The number of ether oxygens (including phenoxy) is 1. The molecule has 156 valence electrons. The quantitative estimate of drug-likeness (QED) is 0.288. The maximum Gasteiger partial charge on any atom is 0.255 e. The normalized spacial score (nSPS) is 18.2. The molecule has 1 amide bonds. The third-order valence-corrected chi connectivity index (χ3v) is 4.98. The zero-order valence-electron chi connectivity index (χ0n) is 16.5. The van der Waals surface area contributed by atoms with Crippen LogP contribution in [0.15, 0.2) is 29.3 Å². The SMILES string of the molecule is CCNC(=NCc1cccc(OCC(N)=O)c1)NC1CCN(C2CC2)CC1.I. The van der Waals surface area contributed by atoms with Crippen LogP contribution in [0.4, 0.5) is 0 Å². The zero-order chi connectivity index (χ0) is 19.1. The number of hydrogen-bond acceptors (Lipinski definition) is 4. The van der Waals surface area contributed by atoms with Crippen LogP contribution in [0.2, 0.25) is 0 Å². The highest BCUT2D eigenvalue weighted by molar-refractivity contribution is 14.0. The molecule has 1 aromatic carbocycles. The summed E-state index contributed by atoms with van der Waals surface area (Å²) >= 11 is 0. The molecule has 2 aliphatic rings. The van der Waals surface area contributed by atoms with Crippen molar-refractivity contribution in [2.75, 3.05) is 26.2 Å². The fraction of sp³-hybridized carbons (Fsp3) is 0.600. The third kappa shape index (κ3) is 7.46. The van der Waals surface area contributed by atoms with Gasteiger partial charge in [-0.25, -0.2) is 4.99 Å². The lowest BCUT2D eigenvalue weighted by molar-refractivity contribution is -0.119. The summed E-state index contributed by atoms with van der Waals surface area (Å²) in [5.41, 5.74) is 6.15. The summed E-state index contributed by atoms with van der Waals surface area (Å²) in [5.74, 6) is 1.00. The maximum atomic E-state index is 10.9. The van der Waals surface area contributed by atoms with Gasteiger partial charge in [-0.1, -0.05) is 12.1 Å². The summed E-state index contributed by atoms with van der Waals surface area (Å²) in [6.07, 6.45) is 5.09. The Balaban J connectivity index is 0.00000280. The number of benzene rings is 1. The van der Waals surface area contributed by atoms with Crippen molar-refractivity contribution >= 4 is 35.8 Å². The fourth-order valence-corrected chi connectivity index (χ4v) is 3.42. The van der Waals surface area contributed by atoms with Crippen molar-refractivity contribution in [2.45, 2.75) is 51.2 Å². The standard InChI is InChI=1S/C20H31N5O2.HI/c1-2-22-20(24-16-8-10-25(11-9-16)17-6-7-17)23-13-15-4-3-5-18(12-15)27-14-19(21)26;/h3-5,12,16-17H,2,6-11,13-14H2,1H3,(H2,21,26)(H2,22,23,24);1H. The molecule has 28 heavy (non-hydrogen) atoms. The number of carbonyl (C=O) groups is 1. The second kappa shape index (κ2) is 11.5. The van der Waals surface area contributed by atoms with Crippen molar-refractivity contribution < 1.29 is 9.53 Å². The van der Waals surface area contributed by atoms with Crippen LogP contribution < -0.4 is 21.1 Å². The van der Waals surface area contributed by atoms with Crippen molar-refractivity contribution in [1.82, 2.24) is 15.5 Å². The second-order valence-corrected chi connectivity index (χ2v) is 7.28. The summed E-state index contributed by atoms with van der Waals surface area (Å²) in [5, 5.41) is 6.92. The van der Waals surface area contributed by atoms with Gasteiger partial charge in [-0.2, -0.15) is 0 Å². The molecule has 1 saturated heterocycles. The minimum atomic E-state index is -0.482. The summed E-state index contributed by atoms with van der Waals surface area (Å²) in [7, 11) is 0. The molecular weight excluding hydrogens is 469 g/mol. The van der Waals surface area contributed by atoms with Crippen LogP contribution in [0.25, 0.3) is 0 Å². The lowest BCUT2D eigenvalue weighted by Crippen LogP contribution is -2.49. The van der Waals surface area contributed by atoms with Crippen molar-refractivity contribution in [1.29, 1.82) is 0 Å². The van der Waals surface area contributed by atoms with Gasteiger partial charge in [0.05, 0.1) is 6.54 Å². The first-order chi connectivity index (χ1) is 13.1. The molecule has 8 heteroatoms. The smallest absolute Gasteiger partial charge is 0.255 e. The lowest BCUT2D eigenvalue weighted by Gasteiger charge is -2.33. The van der Waals surface area contributed by atoms with Crippen LogP contribution in [0.3, 0.4) is 0 Å². The van der Waals surface area contributed by atoms with E-state index in [1.165, 1.54) is 25.9 Å². The van der Waals surface area contributed by atoms with Crippen LogP contribution in [0.1, 0.15) is 38.2 Å². The van der Waals surface area contributed by atoms with E-state index in [4.69, 9.17) is 15.5 Å². The van der Waals surface area contributed by atoms with Gasteiger partial charge in [0.25, 0.3) is 5.91 Å². The van der Waals surface area contributed by atoms with Crippen molar-refractivity contribution in [3.05, 3.63) is 29.8 Å². The molecule has 1 aromatic rings. The number of primary amides is 1. The Morgan fingerprint density at radius 3 is 2.68 bits per heavy atom. The number of rotatable bonds is 8. The van der Waals surface area contributed by atoms with Gasteiger partial charge in [0.1, 0.15) is 5.75 Å². The summed E-state index contributed by atoms with van der Waals surface area (Å²) in [4.78, 5) is 18.2. The molecule has 0 atom stereocenters. The van der Waals surface area contributed by atoms with Crippen LogP contribution in [-0.2, 0) is 11.3 Å². The monoisotopic (exact) mass is 501 g/mol. The Kier molecular flexibility index (Phi) is 9.30. The van der Waals surface area contributed by atoms with Crippen LogP contribution >= 0.6 is 24.0 Å². The van der Waals surface area contributed by atoms with Crippen molar-refractivity contribution in [3.63, 3.8) is 0 Å². The number of carbonyl (C=O) groups excluding carboxylic acids is 1. The van der Waals surface area contributed by atoms with Gasteiger partial charge in [-0.15, -0.1) is 24.0 Å². The highest BCUT2D eigenvalue weighted by Crippen LogP contribution is 2.29. The van der Waals surface area contributed by atoms with E-state index >= 15 is 0 Å². The Morgan fingerprint density at radius 1 is 1.29 bits per heavy atom. The second-order valence-electron chi connectivity index (χ2n) is 7.28. The molecule has 0 aromatic heterocycles. The zero-order valence-corrected chi connectivity index (χ0v) is 18.9. The summed E-state index contributed by atoms with van der Waals surface area (Å²) < 4.78 is 5.36. The molecule has 7 nitrogen and oxygen atoms in total. The van der Waals surface area contributed by atoms with E-state index in [2.05, 4.69) is 22.5 Å². The first kappa shape index (κ1) is 22.7. The minimum absolute atomic E-state index is 0. The Hall–Kier alpha value is -1.55. The molecule has 1 aliphatic carbocycles. The minimum Gasteiger partial charge on any atom is -0.484 e. The number of hydrogen-bond donors (Lipinski definition) is 3. The number of nitrogens with one attached hydrogen (secondary N) is 2. The molecule has 1 heterocycles. The number of likely N-dealkylation sites (tertiary alicyclic amines) is 1. The molecule has 1 saturated carbocycles. The van der Waals surface area contributed by atoms with E-state index in [1.54, 1.807) is 0 Å². The Bertz CT molecular complexity index is 658. The van der Waals surface area contributed by atoms with Gasteiger partial charge < -0.3 is 26.0 Å².